The second-order valence-corrected chi connectivity index (χ2v) is 16.6. The van der Waals surface area contributed by atoms with Crippen LogP contribution in [0.1, 0.15) is 11.1 Å². The number of anilines is 4. The molecule has 14 heteroatoms. The highest BCUT2D eigenvalue weighted by Crippen LogP contribution is 2.51. The van der Waals surface area contributed by atoms with Gasteiger partial charge in [-0.15, -0.1) is 0 Å². The molecule has 56 heavy (non-hydrogen) atoms. The molecule has 2 saturated heterocycles. The highest BCUT2D eigenvalue weighted by molar-refractivity contribution is 7.53. The highest BCUT2D eigenvalue weighted by atomic mass is 15.4. The normalized spacial score (nSPS) is 15.2. The molecule has 0 saturated carbocycles. The fraction of sp³-hybridized carbons (Fsp3) is 0.238. The van der Waals surface area contributed by atoms with Gasteiger partial charge in [-0.2, -0.15) is 0 Å². The second kappa shape index (κ2) is 15.3. The minimum Gasteiger partial charge on any atom is -0.435 e. The summed E-state index contributed by atoms with van der Waals surface area (Å²) in [5.74, 6) is 0. The fourth-order valence-electron chi connectivity index (χ4n) is 9.78. The van der Waals surface area contributed by atoms with Crippen molar-refractivity contribution in [2.45, 2.75) is 13.8 Å². The number of benzene rings is 6. The first-order valence-corrected chi connectivity index (χ1v) is 19.9. The lowest BCUT2D eigenvalue weighted by molar-refractivity contribution is 0.613. The molecule has 4 aliphatic rings. The highest BCUT2D eigenvalue weighted by Gasteiger charge is 2.72. The van der Waals surface area contributed by atoms with E-state index in [4.69, 9.17) is 0 Å². The molecule has 10 rings (SSSR count). The van der Waals surface area contributed by atoms with E-state index < -0.39 is 0 Å². The molecular weight excluding hydrogens is 681 g/mol. The predicted octanol–water partition coefficient (Wildman–Crippen LogP) is 6.37. The molecule has 0 amide bonds. The quantitative estimate of drug-likeness (QED) is 0.193. The van der Waals surface area contributed by atoms with Crippen LogP contribution in [0.5, 0.6) is 0 Å². The second-order valence-electron chi connectivity index (χ2n) is 16.6. The van der Waals surface area contributed by atoms with Gasteiger partial charge in [-0.3, -0.25) is 0 Å². The van der Waals surface area contributed by atoms with Crippen molar-refractivity contribution in [3.05, 3.63) is 145 Å². The molecule has 0 spiro atoms. The van der Waals surface area contributed by atoms with Crippen LogP contribution in [-0.2, 0) is 0 Å². The Labute approximate surface area is 337 Å². The Balaban J connectivity index is 0.000000265. The lowest BCUT2D eigenvalue weighted by Gasteiger charge is -2.68. The standard InChI is InChI=1S/C28H36B6N8.2C7H8/c1-35(2)29-30(36(3)4)40-24-18-10-15-22-16-12-20-26(28(22)24)42-32(38(7)8)31(37(5)6)41-25-19-11-14-21-13-9-17-23(27(21)25)39(29)33(41)34(40)42;2*1-7-5-3-2-4-6-7/h9-20H,1-8H3;2*2-6H,1H3. The van der Waals surface area contributed by atoms with Crippen LogP contribution in [0.3, 0.4) is 0 Å². The van der Waals surface area contributed by atoms with Gasteiger partial charge in [0.15, 0.2) is 0 Å². The molecule has 6 aromatic rings. The third kappa shape index (κ3) is 6.27. The maximum absolute atomic E-state index is 2.75. The van der Waals surface area contributed by atoms with E-state index in [2.05, 4.69) is 205 Å². The predicted molar refractivity (Wildman–Crippen MR) is 249 cm³/mol. The van der Waals surface area contributed by atoms with Crippen LogP contribution in [0.25, 0.3) is 21.5 Å². The smallest absolute Gasteiger partial charge is 0.364 e. The van der Waals surface area contributed by atoms with Crippen LogP contribution in [0.15, 0.2) is 133 Å². The molecule has 4 aliphatic heterocycles. The summed E-state index contributed by atoms with van der Waals surface area (Å²) in [5.41, 5.74) is 7.95. The van der Waals surface area contributed by atoms with Crippen molar-refractivity contribution >= 4 is 85.5 Å². The van der Waals surface area contributed by atoms with E-state index in [9.17, 15) is 0 Å². The van der Waals surface area contributed by atoms with Gasteiger partial charge in [0.05, 0.1) is 0 Å². The number of nitrogens with zero attached hydrogens (tertiary/aromatic N) is 8. The fourth-order valence-corrected chi connectivity index (χ4v) is 9.78. The van der Waals surface area contributed by atoms with Crippen LogP contribution >= 0.6 is 0 Å². The first-order valence-electron chi connectivity index (χ1n) is 19.9. The van der Waals surface area contributed by atoms with Gasteiger partial charge in [-0.25, -0.2) is 0 Å². The molecule has 6 aromatic carbocycles. The van der Waals surface area contributed by atoms with Crippen molar-refractivity contribution < 1.29 is 0 Å². The van der Waals surface area contributed by atoms with Crippen LogP contribution in [-0.4, -0.2) is 117 Å². The minimum atomic E-state index is 0.0707. The van der Waals surface area contributed by atoms with E-state index in [0.29, 0.717) is 0 Å². The zero-order chi connectivity index (χ0) is 39.4. The molecule has 0 unspecified atom stereocenters. The lowest BCUT2D eigenvalue weighted by atomic mass is 9.05. The minimum absolute atomic E-state index is 0.0707. The Morgan fingerprint density at radius 1 is 0.321 bits per heavy atom. The first kappa shape index (κ1) is 38.2. The summed E-state index contributed by atoms with van der Waals surface area (Å²) in [4.78, 5) is 9.72. The van der Waals surface area contributed by atoms with Gasteiger partial charge < -0.3 is 38.1 Å². The van der Waals surface area contributed by atoms with Gasteiger partial charge in [0.2, 0.25) is 0 Å². The molecule has 0 aromatic heterocycles. The topological polar surface area (TPSA) is 25.9 Å². The SMILES string of the molecule is CN(C)B1B(N(C)C)N2B3B4N1c1cccc5cccc(c15)N4B(N(C)C)B(N(C)C)N3c1cccc3cccc2c13.Cc1ccccc1.Cc1ccccc1. The van der Waals surface area contributed by atoms with Gasteiger partial charge in [0, 0.05) is 33.5 Å². The molecule has 2 fully saturated rings. The number of aryl methyl sites for hydroxylation is 2. The van der Waals surface area contributed by atoms with Crippen molar-refractivity contribution in [1.29, 1.82) is 0 Å². The van der Waals surface area contributed by atoms with Gasteiger partial charge in [0.1, 0.15) is 0 Å². The van der Waals surface area contributed by atoms with Crippen molar-refractivity contribution in [3.8, 4) is 0 Å². The maximum Gasteiger partial charge on any atom is 0.364 e. The first-order chi connectivity index (χ1) is 27.0. The van der Waals surface area contributed by atoms with E-state index in [1.54, 1.807) is 0 Å². The van der Waals surface area contributed by atoms with E-state index in [0.717, 1.165) is 0 Å². The van der Waals surface area contributed by atoms with E-state index in [1.165, 1.54) is 55.4 Å². The van der Waals surface area contributed by atoms with Crippen LogP contribution < -0.4 is 18.9 Å². The average Bonchev–Trinajstić information content (AvgIpc) is 3.19. The number of fused-ring (bicyclic) bond motifs is 4. The molecular formula is C42H52B6N8. The molecule has 0 N–H and O–H groups in total. The lowest BCUT2D eigenvalue weighted by Crippen LogP contribution is -2.98. The summed E-state index contributed by atoms with van der Waals surface area (Å²) in [7, 11) is 18.0. The number of hydrogen-bond acceptors (Lipinski definition) is 8. The van der Waals surface area contributed by atoms with Gasteiger partial charge in [-0.05, 0) is 105 Å². The molecule has 0 bridgehead atoms. The van der Waals surface area contributed by atoms with Crippen LogP contribution in [0.4, 0.5) is 22.7 Å². The Morgan fingerprint density at radius 3 is 0.768 bits per heavy atom. The summed E-state index contributed by atoms with van der Waals surface area (Å²) in [6, 6.07) is 48.0. The molecule has 278 valence electrons. The molecule has 0 radical (unpaired) electrons. The summed E-state index contributed by atoms with van der Waals surface area (Å²) in [5, 5.41) is 5.30. The molecule has 8 nitrogen and oxygen atoms in total. The van der Waals surface area contributed by atoms with E-state index >= 15 is 0 Å². The third-order valence-electron chi connectivity index (χ3n) is 11.9. The van der Waals surface area contributed by atoms with Crippen molar-refractivity contribution in [1.82, 2.24) is 19.2 Å². The summed E-state index contributed by atoms with van der Waals surface area (Å²) >= 11 is 0. The Hall–Kier alpha value is -4.73. The van der Waals surface area contributed by atoms with Crippen molar-refractivity contribution in [2.75, 3.05) is 75.3 Å². The van der Waals surface area contributed by atoms with E-state index in [1.807, 2.05) is 36.4 Å². The van der Waals surface area contributed by atoms with Crippen LogP contribution in [0, 0.1) is 13.8 Å². The Kier molecular flexibility index (Phi) is 10.4. The summed E-state index contributed by atoms with van der Waals surface area (Å²) in [6.45, 7) is 4.71. The van der Waals surface area contributed by atoms with Gasteiger partial charge >= 0.3 is 41.2 Å². The third-order valence-corrected chi connectivity index (χ3v) is 11.9. The average molecular weight is 734 g/mol. The molecule has 0 atom stereocenters. The Morgan fingerprint density at radius 2 is 0.571 bits per heavy atom. The van der Waals surface area contributed by atoms with Crippen molar-refractivity contribution in [2.24, 2.45) is 0 Å². The zero-order valence-electron chi connectivity index (χ0n) is 34.7. The number of hydrogen-bond donors (Lipinski definition) is 0. The summed E-state index contributed by atoms with van der Waals surface area (Å²) in [6.07, 6.45) is 0. The Bertz CT molecular complexity index is 2040. The van der Waals surface area contributed by atoms with Crippen molar-refractivity contribution in [3.63, 3.8) is 0 Å². The van der Waals surface area contributed by atoms with Gasteiger partial charge in [0.25, 0.3) is 0 Å². The monoisotopic (exact) mass is 734 g/mol. The summed E-state index contributed by atoms with van der Waals surface area (Å²) < 4.78 is 11.0. The van der Waals surface area contributed by atoms with Gasteiger partial charge in [-0.1, -0.05) is 120 Å². The van der Waals surface area contributed by atoms with Crippen LogP contribution in [0.2, 0.25) is 0 Å². The largest absolute Gasteiger partial charge is 0.435 e. The van der Waals surface area contributed by atoms with E-state index in [-0.39, 0.29) is 41.2 Å². The molecule has 4 heterocycles. The molecule has 0 aliphatic carbocycles. The zero-order valence-corrected chi connectivity index (χ0v) is 34.7. The number of rotatable bonds is 4. The maximum atomic E-state index is 2.75.